The molecule has 3 aliphatic rings. The number of amides is 4. The highest BCUT2D eigenvalue weighted by Gasteiger charge is 2.52. The first-order valence-corrected chi connectivity index (χ1v) is 8.13. The van der Waals surface area contributed by atoms with Crippen molar-refractivity contribution in [2.75, 3.05) is 0 Å². The molecule has 1 aliphatic heterocycles. The number of hydrazine groups is 1. The topological polar surface area (TPSA) is 78.5 Å². The van der Waals surface area contributed by atoms with Gasteiger partial charge in [0.05, 0.1) is 0 Å². The summed E-state index contributed by atoms with van der Waals surface area (Å²) in [4.78, 5) is 36.7. The zero-order valence-corrected chi connectivity index (χ0v) is 12.9. The first-order valence-electron chi connectivity index (χ1n) is 8.13. The predicted octanol–water partition coefficient (Wildman–Crippen LogP) is 1.87. The molecule has 3 rings (SSSR count). The Hall–Kier alpha value is -1.85. The molecular formula is C16H23N3O3. The molecule has 0 aromatic rings. The van der Waals surface area contributed by atoms with Crippen molar-refractivity contribution in [3.8, 4) is 0 Å². The SMILES string of the molecule is CC1CCC2(CC1)NC(=O)N(NC(=O)C[C@H]1C=CCC1)C2=O. The number of nitrogens with one attached hydrogen (secondary N) is 2. The standard InChI is InChI=1S/C16H23N3O3/c1-11-6-8-16(9-7-11)14(21)19(15(22)17-16)18-13(20)10-12-4-2-3-5-12/h2,4,11-12H,3,5-10H2,1H3,(H,17,22)(H,18,20)/t11?,12-,16?/m0/s1. The van der Waals surface area contributed by atoms with E-state index in [9.17, 15) is 14.4 Å². The average Bonchev–Trinajstić information content (AvgIpc) is 3.06. The molecule has 0 aromatic heterocycles. The molecule has 2 fully saturated rings. The minimum absolute atomic E-state index is 0.213. The van der Waals surface area contributed by atoms with Crippen LogP contribution in [0.2, 0.25) is 0 Å². The van der Waals surface area contributed by atoms with Crippen LogP contribution in [-0.2, 0) is 9.59 Å². The Labute approximate surface area is 130 Å². The summed E-state index contributed by atoms with van der Waals surface area (Å²) >= 11 is 0. The van der Waals surface area contributed by atoms with Gasteiger partial charge in [-0.2, -0.15) is 5.01 Å². The maximum Gasteiger partial charge on any atom is 0.344 e. The number of hydrogen-bond acceptors (Lipinski definition) is 3. The van der Waals surface area contributed by atoms with E-state index in [0.29, 0.717) is 25.2 Å². The fourth-order valence-electron chi connectivity index (χ4n) is 3.59. The predicted molar refractivity (Wildman–Crippen MR) is 80.4 cm³/mol. The van der Waals surface area contributed by atoms with Crippen LogP contribution in [0.15, 0.2) is 12.2 Å². The summed E-state index contributed by atoms with van der Waals surface area (Å²) in [7, 11) is 0. The van der Waals surface area contributed by atoms with E-state index in [-0.39, 0.29) is 17.7 Å². The lowest BCUT2D eigenvalue weighted by atomic mass is 9.77. The van der Waals surface area contributed by atoms with E-state index >= 15 is 0 Å². The number of urea groups is 1. The van der Waals surface area contributed by atoms with Gasteiger partial charge in [0, 0.05) is 6.42 Å². The first-order chi connectivity index (χ1) is 10.5. The molecule has 6 nitrogen and oxygen atoms in total. The van der Waals surface area contributed by atoms with Gasteiger partial charge in [-0.15, -0.1) is 0 Å². The Morgan fingerprint density at radius 2 is 2.09 bits per heavy atom. The molecule has 1 saturated heterocycles. The van der Waals surface area contributed by atoms with Gasteiger partial charge in [-0.1, -0.05) is 19.1 Å². The van der Waals surface area contributed by atoms with Crippen LogP contribution in [0, 0.1) is 11.8 Å². The summed E-state index contributed by atoms with van der Waals surface area (Å²) in [6.45, 7) is 2.16. The zero-order valence-electron chi connectivity index (χ0n) is 12.9. The lowest BCUT2D eigenvalue weighted by Gasteiger charge is -2.33. The molecule has 0 unspecified atom stereocenters. The molecule has 2 aliphatic carbocycles. The maximum atomic E-state index is 12.6. The van der Waals surface area contributed by atoms with E-state index < -0.39 is 11.6 Å². The summed E-state index contributed by atoms with van der Waals surface area (Å²) in [5, 5.41) is 3.68. The molecule has 22 heavy (non-hydrogen) atoms. The number of rotatable bonds is 3. The molecule has 0 aromatic carbocycles. The van der Waals surface area contributed by atoms with E-state index in [2.05, 4.69) is 23.7 Å². The Balaban J connectivity index is 1.62. The largest absolute Gasteiger partial charge is 0.344 e. The molecule has 6 heteroatoms. The highest BCUT2D eigenvalue weighted by atomic mass is 16.2. The number of allylic oxidation sites excluding steroid dienone is 2. The highest BCUT2D eigenvalue weighted by Crippen LogP contribution is 2.35. The lowest BCUT2D eigenvalue weighted by molar-refractivity contribution is -0.140. The first kappa shape index (κ1) is 15.1. The monoisotopic (exact) mass is 305 g/mol. The molecule has 2 N–H and O–H groups in total. The number of carbonyl (C=O) groups excluding carboxylic acids is 3. The number of nitrogens with zero attached hydrogens (tertiary/aromatic N) is 1. The molecule has 0 bridgehead atoms. The van der Waals surface area contributed by atoms with Gasteiger partial charge in [0.15, 0.2) is 0 Å². The Bertz CT molecular complexity index is 521. The third-order valence-corrected chi connectivity index (χ3v) is 5.09. The molecule has 1 saturated carbocycles. The third kappa shape index (κ3) is 2.74. The van der Waals surface area contributed by atoms with Gasteiger partial charge in [0.1, 0.15) is 5.54 Å². The summed E-state index contributed by atoms with van der Waals surface area (Å²) in [6, 6.07) is -0.505. The minimum Gasteiger partial charge on any atom is -0.322 e. The van der Waals surface area contributed by atoms with Gasteiger partial charge in [-0.05, 0) is 50.4 Å². The Kier molecular flexibility index (Phi) is 3.93. The van der Waals surface area contributed by atoms with Gasteiger partial charge in [0.2, 0.25) is 5.91 Å². The minimum atomic E-state index is -0.801. The highest BCUT2D eigenvalue weighted by molar-refractivity contribution is 6.08. The number of imide groups is 1. The van der Waals surface area contributed by atoms with Crippen molar-refractivity contribution in [3.63, 3.8) is 0 Å². The molecule has 1 heterocycles. The molecule has 1 atom stereocenters. The van der Waals surface area contributed by atoms with Crippen LogP contribution in [-0.4, -0.2) is 28.4 Å². The summed E-state index contributed by atoms with van der Waals surface area (Å²) in [5.41, 5.74) is 1.69. The van der Waals surface area contributed by atoms with E-state index in [1.165, 1.54) is 0 Å². The van der Waals surface area contributed by atoms with Crippen molar-refractivity contribution in [1.29, 1.82) is 0 Å². The molecule has 4 amide bonds. The van der Waals surface area contributed by atoms with Crippen LogP contribution in [0.5, 0.6) is 0 Å². The van der Waals surface area contributed by atoms with Gasteiger partial charge in [-0.3, -0.25) is 15.0 Å². The van der Waals surface area contributed by atoms with Crippen molar-refractivity contribution in [2.24, 2.45) is 11.8 Å². The van der Waals surface area contributed by atoms with Crippen molar-refractivity contribution in [1.82, 2.24) is 15.8 Å². The average molecular weight is 305 g/mol. The number of carbonyl (C=O) groups is 3. The van der Waals surface area contributed by atoms with Crippen molar-refractivity contribution < 1.29 is 14.4 Å². The molecule has 1 spiro atoms. The molecule has 0 radical (unpaired) electrons. The molecule has 120 valence electrons. The maximum absolute atomic E-state index is 12.6. The zero-order chi connectivity index (χ0) is 15.7. The quantitative estimate of drug-likeness (QED) is 0.617. The second-order valence-corrected chi connectivity index (χ2v) is 6.84. The van der Waals surface area contributed by atoms with Gasteiger partial charge < -0.3 is 5.32 Å². The Morgan fingerprint density at radius 1 is 1.36 bits per heavy atom. The lowest BCUT2D eigenvalue weighted by Crippen LogP contribution is -2.51. The second kappa shape index (κ2) is 5.74. The fraction of sp³-hybridized carbons (Fsp3) is 0.688. The van der Waals surface area contributed by atoms with E-state index in [4.69, 9.17) is 0 Å². The van der Waals surface area contributed by atoms with E-state index in [0.717, 1.165) is 30.7 Å². The van der Waals surface area contributed by atoms with Gasteiger partial charge >= 0.3 is 6.03 Å². The third-order valence-electron chi connectivity index (χ3n) is 5.09. The van der Waals surface area contributed by atoms with Crippen LogP contribution in [0.1, 0.15) is 51.9 Å². The van der Waals surface area contributed by atoms with E-state index in [1.807, 2.05) is 6.08 Å². The smallest absolute Gasteiger partial charge is 0.322 e. The van der Waals surface area contributed by atoms with Crippen LogP contribution in [0.3, 0.4) is 0 Å². The van der Waals surface area contributed by atoms with Crippen molar-refractivity contribution >= 4 is 17.8 Å². The van der Waals surface area contributed by atoms with Crippen LogP contribution in [0.25, 0.3) is 0 Å². The fourth-order valence-corrected chi connectivity index (χ4v) is 3.59. The Morgan fingerprint density at radius 3 is 2.73 bits per heavy atom. The van der Waals surface area contributed by atoms with Crippen LogP contribution < -0.4 is 10.7 Å². The van der Waals surface area contributed by atoms with Gasteiger partial charge in [-0.25, -0.2) is 4.79 Å². The van der Waals surface area contributed by atoms with Gasteiger partial charge in [0.25, 0.3) is 5.91 Å². The normalized spacial score (nSPS) is 34.3. The summed E-state index contributed by atoms with van der Waals surface area (Å²) < 4.78 is 0. The van der Waals surface area contributed by atoms with E-state index in [1.54, 1.807) is 0 Å². The molecular weight excluding hydrogens is 282 g/mol. The van der Waals surface area contributed by atoms with Crippen molar-refractivity contribution in [2.45, 2.75) is 57.4 Å². The van der Waals surface area contributed by atoms with Crippen LogP contribution >= 0.6 is 0 Å². The summed E-state index contributed by atoms with van der Waals surface area (Å²) in [5.74, 6) is 0.208. The second-order valence-electron chi connectivity index (χ2n) is 6.84. The number of hydrogen-bond donors (Lipinski definition) is 2. The van der Waals surface area contributed by atoms with Crippen molar-refractivity contribution in [3.05, 3.63) is 12.2 Å². The van der Waals surface area contributed by atoms with Crippen LogP contribution in [0.4, 0.5) is 4.79 Å². The summed E-state index contributed by atoms with van der Waals surface area (Å²) in [6.07, 6.45) is 9.48.